The molecule has 0 aliphatic rings. The average Bonchev–Trinajstić information content (AvgIpc) is 2.72. The van der Waals surface area contributed by atoms with Crippen molar-refractivity contribution in [3.63, 3.8) is 0 Å². The molecular weight excluding hydrogens is 348 g/mol. The summed E-state index contributed by atoms with van der Waals surface area (Å²) < 4.78 is 5.44. The van der Waals surface area contributed by atoms with Crippen LogP contribution in [0.3, 0.4) is 0 Å². The number of benzene rings is 1. The van der Waals surface area contributed by atoms with Crippen LogP contribution in [0.1, 0.15) is 77.7 Å². The van der Waals surface area contributed by atoms with Gasteiger partial charge in [-0.1, -0.05) is 59.3 Å². The third-order valence-corrected chi connectivity index (χ3v) is 4.98. The summed E-state index contributed by atoms with van der Waals surface area (Å²) in [6.07, 6.45) is 14.5. The van der Waals surface area contributed by atoms with Gasteiger partial charge in [0.05, 0.1) is 5.92 Å². The van der Waals surface area contributed by atoms with Gasteiger partial charge in [-0.15, -0.1) is 0 Å². The van der Waals surface area contributed by atoms with Crippen LogP contribution < -0.4 is 4.74 Å². The van der Waals surface area contributed by atoms with Gasteiger partial charge in [0.2, 0.25) is 0 Å². The van der Waals surface area contributed by atoms with E-state index in [9.17, 15) is 4.79 Å². The van der Waals surface area contributed by atoms with Crippen LogP contribution in [0, 0.1) is 5.92 Å². The van der Waals surface area contributed by atoms with E-state index in [1.165, 1.54) is 44.1 Å². The maximum Gasteiger partial charge on any atom is 0.314 e. The van der Waals surface area contributed by atoms with E-state index in [2.05, 4.69) is 23.8 Å². The highest BCUT2D eigenvalue weighted by Gasteiger charge is 2.14. The Balaban J connectivity index is 1.84. The molecule has 0 radical (unpaired) electrons. The minimum atomic E-state index is -0.176. The molecule has 0 aliphatic heterocycles. The lowest BCUT2D eigenvalue weighted by molar-refractivity contribution is -0.138. The number of nitrogens with zero attached hydrogens (tertiary/aromatic N) is 2. The summed E-state index contributed by atoms with van der Waals surface area (Å²) in [5.41, 5.74) is 2.11. The van der Waals surface area contributed by atoms with Crippen molar-refractivity contribution in [2.45, 2.75) is 78.6 Å². The van der Waals surface area contributed by atoms with E-state index in [1.54, 1.807) is 12.1 Å². The number of aryl methyl sites for hydroxylation is 1. The van der Waals surface area contributed by atoms with Crippen LogP contribution in [0.2, 0.25) is 0 Å². The molecule has 1 aromatic carbocycles. The summed E-state index contributed by atoms with van der Waals surface area (Å²) in [4.78, 5) is 21.0. The number of hydrogen-bond acceptors (Lipinski definition) is 4. The van der Waals surface area contributed by atoms with Gasteiger partial charge in [0.25, 0.3) is 0 Å². The summed E-state index contributed by atoms with van der Waals surface area (Å²) in [6.45, 7) is 6.21. The van der Waals surface area contributed by atoms with Gasteiger partial charge in [-0.3, -0.25) is 4.79 Å². The standard InChI is InChI=1S/C24H34N2O2/c1-4-6-7-8-9-10-12-20-17-25-23(26-18-20)21-13-15-22(16-14-21)28-24(27)19(3)11-5-2/h13-19H,4-12H2,1-3H3. The monoisotopic (exact) mass is 382 g/mol. The Morgan fingerprint density at radius 1 is 0.929 bits per heavy atom. The van der Waals surface area contributed by atoms with Crippen molar-refractivity contribution in [3.05, 3.63) is 42.2 Å². The van der Waals surface area contributed by atoms with E-state index in [0.717, 1.165) is 24.8 Å². The predicted molar refractivity (Wildman–Crippen MR) is 114 cm³/mol. The smallest absolute Gasteiger partial charge is 0.314 e. The average molecular weight is 383 g/mol. The number of esters is 1. The molecule has 0 amide bonds. The fourth-order valence-electron chi connectivity index (χ4n) is 3.18. The molecule has 4 nitrogen and oxygen atoms in total. The van der Waals surface area contributed by atoms with Gasteiger partial charge >= 0.3 is 5.97 Å². The molecule has 0 aliphatic carbocycles. The van der Waals surface area contributed by atoms with Crippen molar-refractivity contribution in [3.8, 4) is 17.1 Å². The number of carbonyl (C=O) groups excluding carboxylic acids is 1. The molecule has 1 aromatic heterocycles. The minimum absolute atomic E-state index is 0.0767. The van der Waals surface area contributed by atoms with Crippen LogP contribution in [-0.2, 0) is 11.2 Å². The molecule has 0 N–H and O–H groups in total. The highest BCUT2D eigenvalue weighted by atomic mass is 16.5. The molecule has 1 atom stereocenters. The molecule has 0 saturated carbocycles. The van der Waals surface area contributed by atoms with Gasteiger partial charge in [0.15, 0.2) is 5.82 Å². The maximum atomic E-state index is 12.0. The summed E-state index contributed by atoms with van der Waals surface area (Å²) in [6, 6.07) is 7.41. The number of ether oxygens (including phenoxy) is 1. The zero-order valence-electron chi connectivity index (χ0n) is 17.6. The molecular formula is C24H34N2O2. The summed E-state index contributed by atoms with van der Waals surface area (Å²) in [5.74, 6) is 1.01. The van der Waals surface area contributed by atoms with Gasteiger partial charge in [-0.2, -0.15) is 0 Å². The number of hydrogen-bond donors (Lipinski definition) is 0. The molecule has 2 rings (SSSR count). The molecule has 0 saturated heterocycles. The SMILES string of the molecule is CCCCCCCCc1cnc(-c2ccc(OC(=O)C(C)CCC)cc2)nc1. The Morgan fingerprint density at radius 3 is 2.21 bits per heavy atom. The summed E-state index contributed by atoms with van der Waals surface area (Å²) >= 11 is 0. The third kappa shape index (κ3) is 7.41. The number of carbonyl (C=O) groups is 1. The Bertz CT molecular complexity index is 696. The van der Waals surface area contributed by atoms with Crippen molar-refractivity contribution in [2.75, 3.05) is 0 Å². The summed E-state index contributed by atoms with van der Waals surface area (Å²) in [7, 11) is 0. The Morgan fingerprint density at radius 2 is 1.57 bits per heavy atom. The molecule has 0 spiro atoms. The molecule has 152 valence electrons. The minimum Gasteiger partial charge on any atom is -0.426 e. The number of unbranched alkanes of at least 4 members (excludes halogenated alkanes) is 5. The highest BCUT2D eigenvalue weighted by molar-refractivity contribution is 5.75. The molecule has 4 heteroatoms. The van der Waals surface area contributed by atoms with Crippen molar-refractivity contribution in [2.24, 2.45) is 5.92 Å². The second-order valence-electron chi connectivity index (χ2n) is 7.57. The first-order chi connectivity index (χ1) is 13.6. The fourth-order valence-corrected chi connectivity index (χ4v) is 3.18. The molecule has 28 heavy (non-hydrogen) atoms. The predicted octanol–water partition coefficient (Wildman–Crippen LogP) is 6.39. The van der Waals surface area contributed by atoms with E-state index in [1.807, 2.05) is 31.5 Å². The lowest BCUT2D eigenvalue weighted by atomic mass is 10.1. The first-order valence-electron chi connectivity index (χ1n) is 10.8. The maximum absolute atomic E-state index is 12.0. The topological polar surface area (TPSA) is 52.1 Å². The second-order valence-corrected chi connectivity index (χ2v) is 7.57. The van der Waals surface area contributed by atoms with E-state index in [-0.39, 0.29) is 11.9 Å². The third-order valence-electron chi connectivity index (χ3n) is 4.98. The first-order valence-corrected chi connectivity index (χ1v) is 10.8. The Kier molecular flexibility index (Phi) is 9.67. The van der Waals surface area contributed by atoms with Crippen LogP contribution in [0.25, 0.3) is 11.4 Å². The van der Waals surface area contributed by atoms with Gasteiger partial charge < -0.3 is 4.74 Å². The largest absolute Gasteiger partial charge is 0.426 e. The number of aromatic nitrogens is 2. The highest BCUT2D eigenvalue weighted by Crippen LogP contribution is 2.21. The van der Waals surface area contributed by atoms with Crippen molar-refractivity contribution in [1.29, 1.82) is 0 Å². The zero-order chi connectivity index (χ0) is 20.2. The van der Waals surface area contributed by atoms with E-state index in [4.69, 9.17) is 4.74 Å². The van der Waals surface area contributed by atoms with Crippen LogP contribution in [0.15, 0.2) is 36.7 Å². The van der Waals surface area contributed by atoms with Crippen molar-refractivity contribution < 1.29 is 9.53 Å². The molecule has 0 bridgehead atoms. The van der Waals surface area contributed by atoms with Gasteiger partial charge in [0, 0.05) is 18.0 Å². The van der Waals surface area contributed by atoms with Crippen LogP contribution in [0.5, 0.6) is 5.75 Å². The zero-order valence-corrected chi connectivity index (χ0v) is 17.6. The van der Waals surface area contributed by atoms with Gasteiger partial charge in [-0.25, -0.2) is 9.97 Å². The quantitative estimate of drug-likeness (QED) is 0.242. The molecule has 1 heterocycles. The lowest BCUT2D eigenvalue weighted by Crippen LogP contribution is -2.17. The normalized spacial score (nSPS) is 12.0. The van der Waals surface area contributed by atoms with Crippen LogP contribution in [0.4, 0.5) is 0 Å². The molecule has 2 aromatic rings. The van der Waals surface area contributed by atoms with Crippen molar-refractivity contribution in [1.82, 2.24) is 9.97 Å². The van der Waals surface area contributed by atoms with Crippen LogP contribution >= 0.6 is 0 Å². The molecule has 1 unspecified atom stereocenters. The lowest BCUT2D eigenvalue weighted by Gasteiger charge is -2.10. The second kappa shape index (κ2) is 12.3. The van der Waals surface area contributed by atoms with Gasteiger partial charge in [0.1, 0.15) is 5.75 Å². The number of rotatable bonds is 12. The first kappa shape index (κ1) is 22.1. The van der Waals surface area contributed by atoms with E-state index in [0.29, 0.717) is 11.6 Å². The Hall–Kier alpha value is -2.23. The summed E-state index contributed by atoms with van der Waals surface area (Å²) in [5, 5.41) is 0. The Labute approximate surface area is 169 Å². The van der Waals surface area contributed by atoms with E-state index >= 15 is 0 Å². The fraction of sp³-hybridized carbons (Fsp3) is 0.542. The van der Waals surface area contributed by atoms with E-state index < -0.39 is 0 Å². The van der Waals surface area contributed by atoms with Crippen LogP contribution in [-0.4, -0.2) is 15.9 Å². The molecule has 0 fully saturated rings. The van der Waals surface area contributed by atoms with Crippen molar-refractivity contribution >= 4 is 5.97 Å². The van der Waals surface area contributed by atoms with Gasteiger partial charge in [-0.05, 0) is 49.1 Å².